The fraction of sp³-hybridized carbons (Fsp3) is 0.0769. The first-order valence-electron chi connectivity index (χ1n) is 5.17. The van der Waals surface area contributed by atoms with Crippen LogP contribution in [0.2, 0.25) is 10.0 Å². The topological polar surface area (TPSA) is 9.23 Å². The molecule has 0 spiro atoms. The summed E-state index contributed by atoms with van der Waals surface area (Å²) in [4.78, 5) is 0. The lowest BCUT2D eigenvalue weighted by Gasteiger charge is -2.14. The van der Waals surface area contributed by atoms with Gasteiger partial charge in [0.15, 0.2) is 0 Å². The van der Waals surface area contributed by atoms with E-state index in [0.29, 0.717) is 0 Å². The van der Waals surface area contributed by atoms with Crippen molar-refractivity contribution >= 4 is 23.2 Å². The maximum absolute atomic E-state index is 12.8. The molecular formula is C13H7Cl2F3O. The monoisotopic (exact) mass is 306 g/mol. The van der Waals surface area contributed by atoms with E-state index >= 15 is 0 Å². The first-order chi connectivity index (χ1) is 8.89. The lowest BCUT2D eigenvalue weighted by molar-refractivity contribution is -0.138. The van der Waals surface area contributed by atoms with Crippen molar-refractivity contribution in [2.45, 2.75) is 6.18 Å². The van der Waals surface area contributed by atoms with Gasteiger partial charge in [-0.25, -0.2) is 0 Å². The summed E-state index contributed by atoms with van der Waals surface area (Å²) >= 11 is 11.6. The molecule has 0 N–H and O–H groups in total. The van der Waals surface area contributed by atoms with Crippen LogP contribution in [0.5, 0.6) is 11.5 Å². The first kappa shape index (κ1) is 14.0. The summed E-state index contributed by atoms with van der Waals surface area (Å²) in [7, 11) is 0. The molecule has 2 rings (SSSR count). The smallest absolute Gasteiger partial charge is 0.419 e. The Hall–Kier alpha value is -1.39. The van der Waals surface area contributed by atoms with Crippen molar-refractivity contribution in [1.82, 2.24) is 0 Å². The Morgan fingerprint density at radius 2 is 1.47 bits per heavy atom. The number of alkyl halides is 3. The molecule has 0 radical (unpaired) electrons. The minimum absolute atomic E-state index is 0.0705. The molecule has 0 bridgehead atoms. The molecule has 2 aromatic carbocycles. The highest BCUT2D eigenvalue weighted by Crippen LogP contribution is 2.40. The third-order valence-electron chi connectivity index (χ3n) is 2.33. The highest BCUT2D eigenvalue weighted by molar-refractivity contribution is 6.42. The van der Waals surface area contributed by atoms with Crippen molar-refractivity contribution in [3.8, 4) is 11.5 Å². The van der Waals surface area contributed by atoms with Crippen LogP contribution in [-0.2, 0) is 6.18 Å². The second-order valence-electron chi connectivity index (χ2n) is 3.65. The van der Waals surface area contributed by atoms with Crippen molar-refractivity contribution < 1.29 is 17.9 Å². The van der Waals surface area contributed by atoms with E-state index in [0.717, 1.165) is 6.07 Å². The Kier molecular flexibility index (Phi) is 3.92. The molecule has 1 nitrogen and oxygen atoms in total. The fourth-order valence-corrected chi connectivity index (χ4v) is 1.80. The summed E-state index contributed by atoms with van der Waals surface area (Å²) in [6.45, 7) is 0. The van der Waals surface area contributed by atoms with Gasteiger partial charge in [0.25, 0.3) is 0 Å². The molecule has 0 saturated carbocycles. The quantitative estimate of drug-likeness (QED) is 0.681. The van der Waals surface area contributed by atoms with E-state index in [1.165, 1.54) is 30.3 Å². The molecule has 0 atom stereocenters. The minimum Gasteiger partial charge on any atom is -0.455 e. The number of rotatable bonds is 2. The highest BCUT2D eigenvalue weighted by Gasteiger charge is 2.34. The largest absolute Gasteiger partial charge is 0.455 e. The number of hydrogen-bond donors (Lipinski definition) is 0. The Labute approximate surface area is 117 Å². The maximum Gasteiger partial charge on any atom is 0.419 e. The van der Waals surface area contributed by atoms with Gasteiger partial charge >= 0.3 is 6.18 Å². The lowest BCUT2D eigenvalue weighted by Crippen LogP contribution is -2.06. The van der Waals surface area contributed by atoms with Gasteiger partial charge in [-0.1, -0.05) is 41.4 Å². The summed E-state index contributed by atoms with van der Waals surface area (Å²) in [6, 6.07) is 9.40. The molecule has 6 heteroatoms. The van der Waals surface area contributed by atoms with E-state index in [2.05, 4.69) is 0 Å². The van der Waals surface area contributed by atoms with E-state index < -0.39 is 11.7 Å². The number of para-hydroxylation sites is 1. The molecule has 100 valence electrons. The molecule has 0 aliphatic carbocycles. The normalized spacial score (nSPS) is 11.4. The van der Waals surface area contributed by atoms with Gasteiger partial charge in [-0.3, -0.25) is 0 Å². The lowest BCUT2D eigenvalue weighted by atomic mass is 10.2. The zero-order chi connectivity index (χ0) is 14.0. The molecule has 0 saturated heterocycles. The van der Waals surface area contributed by atoms with E-state index in [-0.39, 0.29) is 21.5 Å². The summed E-state index contributed by atoms with van der Waals surface area (Å²) in [5.74, 6) is -0.245. The Bertz CT molecular complexity index is 597. The number of benzene rings is 2. The molecule has 0 aromatic heterocycles. The SMILES string of the molecule is FC(F)(F)c1ccccc1Oc1cccc(Cl)c1Cl. The van der Waals surface area contributed by atoms with Crippen LogP contribution in [0.15, 0.2) is 42.5 Å². The molecule has 0 unspecified atom stereocenters. The van der Waals surface area contributed by atoms with Crippen molar-refractivity contribution in [3.63, 3.8) is 0 Å². The van der Waals surface area contributed by atoms with E-state index in [1.54, 1.807) is 6.07 Å². The van der Waals surface area contributed by atoms with Crippen LogP contribution in [0.3, 0.4) is 0 Å². The number of hydrogen-bond acceptors (Lipinski definition) is 1. The highest BCUT2D eigenvalue weighted by atomic mass is 35.5. The van der Waals surface area contributed by atoms with Gasteiger partial charge in [0, 0.05) is 0 Å². The van der Waals surface area contributed by atoms with Gasteiger partial charge in [-0.2, -0.15) is 13.2 Å². The second-order valence-corrected chi connectivity index (χ2v) is 4.43. The summed E-state index contributed by atoms with van der Waals surface area (Å²) in [6.07, 6.45) is -4.50. The molecule has 2 aromatic rings. The van der Waals surface area contributed by atoms with Gasteiger partial charge < -0.3 is 4.74 Å². The Morgan fingerprint density at radius 1 is 0.842 bits per heavy atom. The van der Waals surface area contributed by atoms with Crippen LogP contribution >= 0.6 is 23.2 Å². The molecule has 0 aliphatic heterocycles. The van der Waals surface area contributed by atoms with Gasteiger partial charge in [0.2, 0.25) is 0 Å². The van der Waals surface area contributed by atoms with Gasteiger partial charge in [0.05, 0.1) is 10.6 Å². The van der Waals surface area contributed by atoms with Gasteiger partial charge in [-0.15, -0.1) is 0 Å². The zero-order valence-corrected chi connectivity index (χ0v) is 10.9. The molecular weight excluding hydrogens is 300 g/mol. The minimum atomic E-state index is -4.50. The Morgan fingerprint density at radius 3 is 2.16 bits per heavy atom. The summed E-state index contributed by atoms with van der Waals surface area (Å²) in [5.41, 5.74) is -0.869. The van der Waals surface area contributed by atoms with Crippen LogP contribution in [0, 0.1) is 0 Å². The van der Waals surface area contributed by atoms with Gasteiger partial charge in [-0.05, 0) is 24.3 Å². The predicted octanol–water partition coefficient (Wildman–Crippen LogP) is 5.80. The van der Waals surface area contributed by atoms with Crippen LogP contribution in [0.4, 0.5) is 13.2 Å². The average molecular weight is 307 g/mol. The van der Waals surface area contributed by atoms with E-state index in [4.69, 9.17) is 27.9 Å². The third kappa shape index (κ3) is 3.14. The van der Waals surface area contributed by atoms with Crippen molar-refractivity contribution in [2.75, 3.05) is 0 Å². The molecule has 0 fully saturated rings. The molecule has 0 amide bonds. The van der Waals surface area contributed by atoms with E-state index in [1.807, 2.05) is 0 Å². The fourth-order valence-electron chi connectivity index (χ4n) is 1.47. The number of ether oxygens (including phenoxy) is 1. The summed E-state index contributed by atoms with van der Waals surface area (Å²) in [5, 5.41) is 0.282. The van der Waals surface area contributed by atoms with Crippen LogP contribution in [0.25, 0.3) is 0 Å². The van der Waals surface area contributed by atoms with Crippen LogP contribution in [0.1, 0.15) is 5.56 Å². The molecule has 0 aliphatic rings. The number of halogens is 5. The first-order valence-corrected chi connectivity index (χ1v) is 5.93. The molecule has 0 heterocycles. The van der Waals surface area contributed by atoms with Gasteiger partial charge in [0.1, 0.15) is 16.5 Å². The predicted molar refractivity (Wildman–Crippen MR) is 68.0 cm³/mol. The van der Waals surface area contributed by atoms with Crippen molar-refractivity contribution in [3.05, 3.63) is 58.1 Å². The maximum atomic E-state index is 12.8. The zero-order valence-electron chi connectivity index (χ0n) is 9.34. The average Bonchev–Trinajstić information content (AvgIpc) is 2.34. The summed E-state index contributed by atoms with van der Waals surface area (Å²) < 4.78 is 43.6. The van der Waals surface area contributed by atoms with Crippen molar-refractivity contribution in [1.29, 1.82) is 0 Å². The molecule has 19 heavy (non-hydrogen) atoms. The standard InChI is InChI=1S/C13H7Cl2F3O/c14-9-5-3-7-11(12(9)15)19-10-6-2-1-4-8(10)13(16,17)18/h1-7H. The Balaban J connectivity index is 2.42. The third-order valence-corrected chi connectivity index (χ3v) is 3.13. The van der Waals surface area contributed by atoms with Crippen LogP contribution in [-0.4, -0.2) is 0 Å². The van der Waals surface area contributed by atoms with E-state index in [9.17, 15) is 13.2 Å². The second kappa shape index (κ2) is 5.31. The van der Waals surface area contributed by atoms with Crippen molar-refractivity contribution in [2.24, 2.45) is 0 Å². The van der Waals surface area contributed by atoms with Crippen LogP contribution < -0.4 is 4.74 Å².